The fraction of sp³-hybridized carbons (Fsp3) is 0.474. The first-order chi connectivity index (χ1) is 12.5. The van der Waals surface area contributed by atoms with E-state index in [2.05, 4.69) is 22.2 Å². The lowest BCUT2D eigenvalue weighted by molar-refractivity contribution is -0.127. The van der Waals surface area contributed by atoms with Crippen molar-refractivity contribution in [1.29, 1.82) is 0 Å². The van der Waals surface area contributed by atoms with Crippen LogP contribution < -0.4 is 5.73 Å². The number of rotatable bonds is 5. The summed E-state index contributed by atoms with van der Waals surface area (Å²) in [5.41, 5.74) is 9.00. The van der Waals surface area contributed by atoms with E-state index in [1.165, 1.54) is 17.5 Å². The number of hydrogen-bond acceptors (Lipinski definition) is 4. The van der Waals surface area contributed by atoms with Gasteiger partial charge in [-0.2, -0.15) is 5.10 Å². The molecule has 4 rings (SSSR count). The third-order valence-corrected chi connectivity index (χ3v) is 5.30. The predicted octanol–water partition coefficient (Wildman–Crippen LogP) is 1.12. The monoisotopic (exact) mass is 353 g/mol. The number of fused-ring (bicyclic) bond motifs is 1. The summed E-state index contributed by atoms with van der Waals surface area (Å²) in [6.07, 6.45) is 3.80. The summed E-state index contributed by atoms with van der Waals surface area (Å²) < 4.78 is 1.80. The quantitative estimate of drug-likeness (QED) is 0.871. The maximum atomic E-state index is 12.2. The van der Waals surface area contributed by atoms with Crippen molar-refractivity contribution in [2.45, 2.75) is 44.9 Å². The van der Waals surface area contributed by atoms with Crippen molar-refractivity contribution >= 4 is 11.8 Å². The van der Waals surface area contributed by atoms with Crippen molar-refractivity contribution in [2.75, 3.05) is 13.1 Å². The third kappa shape index (κ3) is 2.98. The van der Waals surface area contributed by atoms with E-state index >= 15 is 0 Å². The second-order valence-electron chi connectivity index (χ2n) is 7.08. The highest BCUT2D eigenvalue weighted by Crippen LogP contribution is 2.30. The SMILES string of the molecule is CCN1CC(c2nc(CC(N)=O)nn2-c2ccc3c(c2)CCC3)CC1=O. The Balaban J connectivity index is 1.74. The van der Waals surface area contributed by atoms with E-state index < -0.39 is 5.91 Å². The number of aryl methyl sites for hydroxylation is 2. The van der Waals surface area contributed by atoms with Gasteiger partial charge in [-0.1, -0.05) is 6.07 Å². The highest BCUT2D eigenvalue weighted by Gasteiger charge is 2.33. The Kier molecular flexibility index (Phi) is 4.22. The van der Waals surface area contributed by atoms with E-state index in [0.717, 1.165) is 24.4 Å². The number of likely N-dealkylation sites (N-methyl/N-ethyl adjacent to an activating group) is 1. The zero-order valence-corrected chi connectivity index (χ0v) is 14.9. The maximum Gasteiger partial charge on any atom is 0.225 e. The molecule has 7 heteroatoms. The van der Waals surface area contributed by atoms with Crippen LogP contribution in [0.3, 0.4) is 0 Å². The van der Waals surface area contributed by atoms with Crippen LogP contribution >= 0.6 is 0 Å². The van der Waals surface area contributed by atoms with Crippen LogP contribution in [0.25, 0.3) is 5.69 Å². The molecule has 26 heavy (non-hydrogen) atoms. The zero-order valence-electron chi connectivity index (χ0n) is 14.9. The molecule has 0 radical (unpaired) electrons. The van der Waals surface area contributed by atoms with E-state index in [1.54, 1.807) is 4.68 Å². The van der Waals surface area contributed by atoms with Crippen molar-refractivity contribution in [2.24, 2.45) is 5.73 Å². The molecular weight excluding hydrogens is 330 g/mol. The largest absolute Gasteiger partial charge is 0.369 e. The van der Waals surface area contributed by atoms with Crippen LogP contribution in [0.15, 0.2) is 18.2 Å². The van der Waals surface area contributed by atoms with Crippen LogP contribution in [0.2, 0.25) is 0 Å². The molecule has 2 aliphatic rings. The van der Waals surface area contributed by atoms with E-state index in [4.69, 9.17) is 5.73 Å². The molecule has 0 spiro atoms. The first-order valence-corrected chi connectivity index (χ1v) is 9.19. The number of likely N-dealkylation sites (tertiary alicyclic amines) is 1. The number of benzene rings is 1. The summed E-state index contributed by atoms with van der Waals surface area (Å²) in [4.78, 5) is 29.9. The fourth-order valence-corrected chi connectivity index (χ4v) is 3.99. The van der Waals surface area contributed by atoms with Gasteiger partial charge in [0.05, 0.1) is 12.1 Å². The average molecular weight is 353 g/mol. The summed E-state index contributed by atoms with van der Waals surface area (Å²) >= 11 is 0. The molecule has 1 aromatic carbocycles. The highest BCUT2D eigenvalue weighted by molar-refractivity contribution is 5.79. The minimum Gasteiger partial charge on any atom is -0.369 e. The molecule has 2 heterocycles. The van der Waals surface area contributed by atoms with Crippen LogP contribution in [0, 0.1) is 0 Å². The Morgan fingerprint density at radius 1 is 1.31 bits per heavy atom. The number of aromatic nitrogens is 3. The number of hydrogen-bond donors (Lipinski definition) is 1. The Morgan fingerprint density at radius 3 is 2.85 bits per heavy atom. The number of carbonyl (C=O) groups is 2. The lowest BCUT2D eigenvalue weighted by Gasteiger charge is -2.14. The van der Waals surface area contributed by atoms with E-state index in [0.29, 0.717) is 25.3 Å². The maximum absolute atomic E-state index is 12.2. The van der Waals surface area contributed by atoms with Crippen LogP contribution in [0.4, 0.5) is 0 Å². The minimum absolute atomic E-state index is 0.00307. The van der Waals surface area contributed by atoms with E-state index in [-0.39, 0.29) is 18.2 Å². The first kappa shape index (κ1) is 16.8. The highest BCUT2D eigenvalue weighted by atomic mass is 16.2. The molecule has 136 valence electrons. The number of amides is 2. The standard InChI is InChI=1S/C19H23N5O2/c1-2-23-11-14(9-18(23)26)19-21-17(10-16(20)25)22-24(19)15-7-6-12-4-3-5-13(12)8-15/h6-8,14H,2-5,9-11H2,1H3,(H2,20,25). The zero-order chi connectivity index (χ0) is 18.3. The summed E-state index contributed by atoms with van der Waals surface area (Å²) in [5.74, 6) is 0.807. The lowest BCUT2D eigenvalue weighted by atomic mass is 10.1. The van der Waals surface area contributed by atoms with Gasteiger partial charge in [0.15, 0.2) is 5.82 Å². The molecule has 1 atom stereocenters. The van der Waals surface area contributed by atoms with Gasteiger partial charge in [-0.15, -0.1) is 0 Å². The molecule has 0 saturated carbocycles. The van der Waals surface area contributed by atoms with Gasteiger partial charge in [-0.3, -0.25) is 9.59 Å². The van der Waals surface area contributed by atoms with Crippen LogP contribution in [0.1, 0.15) is 48.5 Å². The van der Waals surface area contributed by atoms with Crippen molar-refractivity contribution < 1.29 is 9.59 Å². The van der Waals surface area contributed by atoms with Crippen molar-refractivity contribution in [3.63, 3.8) is 0 Å². The molecule has 2 N–H and O–H groups in total. The van der Waals surface area contributed by atoms with Gasteiger partial charge in [0.2, 0.25) is 11.8 Å². The summed E-state index contributed by atoms with van der Waals surface area (Å²) in [6, 6.07) is 6.35. The Morgan fingerprint density at radius 2 is 2.12 bits per heavy atom. The second kappa shape index (κ2) is 6.55. The van der Waals surface area contributed by atoms with Gasteiger partial charge in [-0.05, 0) is 49.4 Å². The average Bonchev–Trinajstić information content (AvgIpc) is 3.31. The topological polar surface area (TPSA) is 94.1 Å². The molecule has 1 unspecified atom stereocenters. The molecule has 2 amide bonds. The minimum atomic E-state index is -0.458. The number of nitrogens with two attached hydrogens (primary N) is 1. The molecule has 7 nitrogen and oxygen atoms in total. The summed E-state index contributed by atoms with van der Waals surface area (Å²) in [5, 5.41) is 4.54. The van der Waals surface area contributed by atoms with Crippen LogP contribution in [-0.4, -0.2) is 44.6 Å². The van der Waals surface area contributed by atoms with E-state index in [9.17, 15) is 9.59 Å². The van der Waals surface area contributed by atoms with Gasteiger partial charge in [0, 0.05) is 25.4 Å². The van der Waals surface area contributed by atoms with E-state index in [1.807, 2.05) is 17.9 Å². The normalized spacial score (nSPS) is 19.2. The molecule has 1 aliphatic carbocycles. The van der Waals surface area contributed by atoms with Crippen molar-refractivity contribution in [3.8, 4) is 5.69 Å². The van der Waals surface area contributed by atoms with Crippen molar-refractivity contribution in [1.82, 2.24) is 19.7 Å². The summed E-state index contributed by atoms with van der Waals surface area (Å²) in [7, 11) is 0. The number of primary amides is 1. The van der Waals surface area contributed by atoms with Gasteiger partial charge in [-0.25, -0.2) is 9.67 Å². The Labute approximate surface area is 152 Å². The molecule has 1 fully saturated rings. The molecule has 1 saturated heterocycles. The van der Waals surface area contributed by atoms with Gasteiger partial charge < -0.3 is 10.6 Å². The van der Waals surface area contributed by atoms with Gasteiger partial charge in [0.1, 0.15) is 5.82 Å². The lowest BCUT2D eigenvalue weighted by Crippen LogP contribution is -2.24. The number of carbonyl (C=O) groups excluding carboxylic acids is 2. The molecule has 2 aromatic rings. The first-order valence-electron chi connectivity index (χ1n) is 9.19. The summed E-state index contributed by atoms with van der Waals surface area (Å²) in [6.45, 7) is 3.30. The smallest absolute Gasteiger partial charge is 0.225 e. The second-order valence-corrected chi connectivity index (χ2v) is 7.08. The molecular formula is C19H23N5O2. The fourth-order valence-electron chi connectivity index (χ4n) is 3.99. The Hall–Kier alpha value is -2.70. The van der Waals surface area contributed by atoms with Crippen LogP contribution in [-0.2, 0) is 28.9 Å². The molecule has 0 bridgehead atoms. The number of nitrogens with zero attached hydrogens (tertiary/aromatic N) is 4. The third-order valence-electron chi connectivity index (χ3n) is 5.30. The molecule has 1 aliphatic heterocycles. The Bertz CT molecular complexity index is 873. The predicted molar refractivity (Wildman–Crippen MR) is 95.9 cm³/mol. The van der Waals surface area contributed by atoms with Crippen LogP contribution in [0.5, 0.6) is 0 Å². The van der Waals surface area contributed by atoms with Gasteiger partial charge in [0.25, 0.3) is 0 Å². The molecule has 1 aromatic heterocycles. The van der Waals surface area contributed by atoms with Gasteiger partial charge >= 0.3 is 0 Å². The van der Waals surface area contributed by atoms with Crippen molar-refractivity contribution in [3.05, 3.63) is 41.0 Å².